The van der Waals surface area contributed by atoms with Gasteiger partial charge in [0.05, 0.1) is 0 Å². The van der Waals surface area contributed by atoms with Gasteiger partial charge in [-0.2, -0.15) is 0 Å². The molecule has 100 valence electrons. The maximum atomic E-state index is 3.18. The van der Waals surface area contributed by atoms with E-state index in [1.54, 1.807) is 0 Å². The monoisotopic (exact) mass is 254 g/mol. The van der Waals surface area contributed by atoms with E-state index in [-0.39, 0.29) is 0 Å². The molecule has 19 heavy (non-hydrogen) atoms. The molecule has 0 aliphatic heterocycles. The molecule has 0 fully saturated rings. The number of hydrogen-bond acceptors (Lipinski definition) is 2. The molecule has 0 bridgehead atoms. The summed E-state index contributed by atoms with van der Waals surface area (Å²) in [4.78, 5) is 2.14. The normalized spacial score (nSPS) is 10.3. The first-order valence-electron chi connectivity index (χ1n) is 6.72. The molecule has 0 aliphatic carbocycles. The van der Waals surface area contributed by atoms with Gasteiger partial charge in [0.15, 0.2) is 0 Å². The minimum absolute atomic E-state index is 1.08. The minimum atomic E-state index is 1.08. The topological polar surface area (TPSA) is 15.3 Å². The lowest BCUT2D eigenvalue weighted by atomic mass is 10.0. The second kappa shape index (κ2) is 6.28. The maximum absolute atomic E-state index is 3.18. The van der Waals surface area contributed by atoms with Crippen molar-refractivity contribution in [3.63, 3.8) is 0 Å². The number of nitrogens with zero attached hydrogens (tertiary/aromatic N) is 1. The predicted molar refractivity (Wildman–Crippen MR) is 84.2 cm³/mol. The zero-order chi connectivity index (χ0) is 13.7. The van der Waals surface area contributed by atoms with Crippen LogP contribution < -0.4 is 10.2 Å². The summed E-state index contributed by atoms with van der Waals surface area (Å²) in [7, 11) is 6.12. The van der Waals surface area contributed by atoms with Gasteiger partial charge in [-0.15, -0.1) is 0 Å². The van der Waals surface area contributed by atoms with Crippen molar-refractivity contribution in [2.45, 2.75) is 12.8 Å². The highest BCUT2D eigenvalue weighted by Crippen LogP contribution is 2.16. The number of anilines is 2. The molecular formula is C17H22N2. The smallest absolute Gasteiger partial charge is 0.0363 e. The third-order valence-electron chi connectivity index (χ3n) is 3.34. The second-order valence-electron chi connectivity index (χ2n) is 5.01. The van der Waals surface area contributed by atoms with Crippen LogP contribution in [0.2, 0.25) is 0 Å². The van der Waals surface area contributed by atoms with E-state index in [0.29, 0.717) is 0 Å². The molecule has 2 rings (SSSR count). The highest BCUT2D eigenvalue weighted by molar-refractivity contribution is 5.48. The van der Waals surface area contributed by atoms with Crippen molar-refractivity contribution < 1.29 is 0 Å². The van der Waals surface area contributed by atoms with Crippen molar-refractivity contribution in [3.05, 3.63) is 59.7 Å². The lowest BCUT2D eigenvalue weighted by Crippen LogP contribution is -2.08. The molecular weight excluding hydrogens is 232 g/mol. The Morgan fingerprint density at radius 3 is 2.16 bits per heavy atom. The van der Waals surface area contributed by atoms with Crippen LogP contribution in [0.25, 0.3) is 0 Å². The summed E-state index contributed by atoms with van der Waals surface area (Å²) in [6.07, 6.45) is 2.15. The van der Waals surface area contributed by atoms with E-state index in [4.69, 9.17) is 0 Å². The third kappa shape index (κ3) is 3.75. The number of aryl methyl sites for hydroxylation is 2. The van der Waals surface area contributed by atoms with Gasteiger partial charge in [0.25, 0.3) is 0 Å². The van der Waals surface area contributed by atoms with E-state index in [2.05, 4.69) is 72.8 Å². The van der Waals surface area contributed by atoms with Gasteiger partial charge in [0.2, 0.25) is 0 Å². The summed E-state index contributed by atoms with van der Waals surface area (Å²) in [5.74, 6) is 0. The highest BCUT2D eigenvalue weighted by Gasteiger charge is 2.00. The first kappa shape index (κ1) is 13.5. The molecule has 0 unspecified atom stereocenters. The Morgan fingerprint density at radius 2 is 1.53 bits per heavy atom. The molecule has 2 nitrogen and oxygen atoms in total. The van der Waals surface area contributed by atoms with Crippen molar-refractivity contribution >= 4 is 11.4 Å². The summed E-state index contributed by atoms with van der Waals surface area (Å²) >= 11 is 0. The van der Waals surface area contributed by atoms with Crippen molar-refractivity contribution in [1.29, 1.82) is 0 Å². The van der Waals surface area contributed by atoms with Crippen molar-refractivity contribution in [1.82, 2.24) is 0 Å². The molecule has 0 spiro atoms. The van der Waals surface area contributed by atoms with Crippen LogP contribution in [0.3, 0.4) is 0 Å². The summed E-state index contributed by atoms with van der Waals surface area (Å²) in [6.45, 7) is 0. The van der Waals surface area contributed by atoms with Crippen molar-refractivity contribution in [2.24, 2.45) is 0 Å². The molecule has 0 atom stereocenters. The Kier molecular flexibility index (Phi) is 4.45. The zero-order valence-corrected chi connectivity index (χ0v) is 12.0. The van der Waals surface area contributed by atoms with E-state index < -0.39 is 0 Å². The van der Waals surface area contributed by atoms with Gasteiger partial charge in [-0.1, -0.05) is 24.3 Å². The van der Waals surface area contributed by atoms with Gasteiger partial charge in [0, 0.05) is 32.5 Å². The molecule has 2 aromatic rings. The molecule has 0 aromatic heterocycles. The molecule has 0 radical (unpaired) electrons. The Morgan fingerprint density at radius 1 is 0.895 bits per heavy atom. The molecule has 1 N–H and O–H groups in total. The first-order chi connectivity index (χ1) is 9.19. The SMILES string of the molecule is CNc1cccc(CCc2cccc(N(C)C)c2)c1. The second-order valence-corrected chi connectivity index (χ2v) is 5.01. The molecule has 2 aromatic carbocycles. The van der Waals surface area contributed by atoms with Gasteiger partial charge in [-0.05, 0) is 48.2 Å². The molecule has 0 saturated heterocycles. The quantitative estimate of drug-likeness (QED) is 0.877. The Labute approximate surface area is 116 Å². The first-order valence-corrected chi connectivity index (χ1v) is 6.72. The average molecular weight is 254 g/mol. The number of benzene rings is 2. The Bertz CT molecular complexity index is 532. The summed E-state index contributed by atoms with van der Waals surface area (Å²) in [5, 5.41) is 3.18. The van der Waals surface area contributed by atoms with Crippen LogP contribution in [-0.2, 0) is 12.8 Å². The summed E-state index contributed by atoms with van der Waals surface area (Å²) < 4.78 is 0. The van der Waals surface area contributed by atoms with Crippen molar-refractivity contribution in [2.75, 3.05) is 31.4 Å². The predicted octanol–water partition coefficient (Wildman–Crippen LogP) is 3.58. The van der Waals surface area contributed by atoms with E-state index in [9.17, 15) is 0 Å². The van der Waals surface area contributed by atoms with Crippen LogP contribution in [0.4, 0.5) is 11.4 Å². The van der Waals surface area contributed by atoms with Gasteiger partial charge < -0.3 is 10.2 Å². The number of hydrogen-bond donors (Lipinski definition) is 1. The Hall–Kier alpha value is -1.96. The summed E-state index contributed by atoms with van der Waals surface area (Å²) in [5.41, 5.74) is 5.21. The van der Waals surface area contributed by atoms with Gasteiger partial charge in [-0.25, -0.2) is 0 Å². The fourth-order valence-corrected chi connectivity index (χ4v) is 2.16. The van der Waals surface area contributed by atoms with Gasteiger partial charge in [0.1, 0.15) is 0 Å². The Balaban J connectivity index is 2.03. The van der Waals surface area contributed by atoms with E-state index in [0.717, 1.165) is 12.8 Å². The standard InChI is InChI=1S/C17H22N2/c1-18-16-8-4-6-14(12-16)10-11-15-7-5-9-17(13-15)19(2)3/h4-9,12-13,18H,10-11H2,1-3H3. The number of rotatable bonds is 5. The molecule has 0 aliphatic rings. The largest absolute Gasteiger partial charge is 0.388 e. The lowest BCUT2D eigenvalue weighted by molar-refractivity contribution is 0.957. The van der Waals surface area contributed by atoms with Crippen LogP contribution >= 0.6 is 0 Å². The van der Waals surface area contributed by atoms with E-state index >= 15 is 0 Å². The van der Waals surface area contributed by atoms with Gasteiger partial charge >= 0.3 is 0 Å². The minimum Gasteiger partial charge on any atom is -0.388 e. The number of nitrogens with one attached hydrogen (secondary N) is 1. The maximum Gasteiger partial charge on any atom is 0.0363 e. The molecule has 0 saturated carbocycles. The third-order valence-corrected chi connectivity index (χ3v) is 3.34. The van der Waals surface area contributed by atoms with Crippen LogP contribution in [0.15, 0.2) is 48.5 Å². The van der Waals surface area contributed by atoms with E-state index in [1.165, 1.54) is 22.5 Å². The van der Waals surface area contributed by atoms with Crippen LogP contribution in [0, 0.1) is 0 Å². The molecule has 0 amide bonds. The van der Waals surface area contributed by atoms with Gasteiger partial charge in [-0.3, -0.25) is 0 Å². The average Bonchev–Trinajstić information content (AvgIpc) is 2.45. The fraction of sp³-hybridized carbons (Fsp3) is 0.294. The van der Waals surface area contributed by atoms with Crippen molar-refractivity contribution in [3.8, 4) is 0 Å². The zero-order valence-electron chi connectivity index (χ0n) is 12.0. The molecule has 0 heterocycles. The fourth-order valence-electron chi connectivity index (χ4n) is 2.16. The summed E-state index contributed by atoms with van der Waals surface area (Å²) in [6, 6.07) is 17.4. The highest BCUT2D eigenvalue weighted by atomic mass is 15.1. The molecule has 2 heteroatoms. The van der Waals surface area contributed by atoms with Crippen LogP contribution in [0.5, 0.6) is 0 Å². The van der Waals surface area contributed by atoms with Crippen LogP contribution in [0.1, 0.15) is 11.1 Å². The van der Waals surface area contributed by atoms with Crippen LogP contribution in [-0.4, -0.2) is 21.1 Å². The van der Waals surface area contributed by atoms with E-state index in [1.807, 2.05) is 7.05 Å². The lowest BCUT2D eigenvalue weighted by Gasteiger charge is -2.13.